The van der Waals surface area contributed by atoms with Crippen LogP contribution in [0, 0.1) is 0 Å². The molecule has 0 atom stereocenters. The molecule has 0 radical (unpaired) electrons. The van der Waals surface area contributed by atoms with Crippen LogP contribution in [-0.2, 0) is 0 Å². The highest BCUT2D eigenvalue weighted by molar-refractivity contribution is 4.83. The first-order valence-electron chi connectivity index (χ1n) is 4.14. The van der Waals surface area contributed by atoms with Crippen LogP contribution in [0.15, 0.2) is 43.4 Å². The molecule has 4 N–H and O–H groups in total. The number of hydrogen-bond donors (Lipinski definition) is 4. The number of nitrogens with one attached hydrogen (secondary N) is 4. The Hall–Kier alpha value is -2.64. The molecule has 0 unspecified atom stereocenters. The highest BCUT2D eigenvalue weighted by atomic mass is 16.2. The average molecular weight is 224 g/mol. The molecular formula is C8H8N4O4. The van der Waals surface area contributed by atoms with Gasteiger partial charge in [0.05, 0.1) is 0 Å². The van der Waals surface area contributed by atoms with E-state index in [1.165, 1.54) is 24.3 Å². The molecule has 0 bridgehead atoms. The molecule has 2 rings (SSSR count). The summed E-state index contributed by atoms with van der Waals surface area (Å²) in [5.41, 5.74) is -1.21. The Labute approximate surface area is 87.0 Å². The SMILES string of the molecule is O=c1ccc(=O)[nH][nH]1.O=c1ccc(=O)[nH][nH]1. The average Bonchev–Trinajstić information content (AvgIpc) is 2.28. The van der Waals surface area contributed by atoms with Crippen molar-refractivity contribution >= 4 is 0 Å². The van der Waals surface area contributed by atoms with Crippen LogP contribution in [0.1, 0.15) is 0 Å². The maximum Gasteiger partial charge on any atom is 0.262 e. The van der Waals surface area contributed by atoms with Gasteiger partial charge in [-0.2, -0.15) is 0 Å². The van der Waals surface area contributed by atoms with Crippen molar-refractivity contribution in [1.82, 2.24) is 20.4 Å². The van der Waals surface area contributed by atoms with Gasteiger partial charge in [0, 0.05) is 24.3 Å². The zero-order valence-corrected chi connectivity index (χ0v) is 7.94. The molecule has 0 aliphatic heterocycles. The lowest BCUT2D eigenvalue weighted by Gasteiger charge is -1.76. The van der Waals surface area contributed by atoms with Crippen molar-refractivity contribution in [1.29, 1.82) is 0 Å². The molecule has 0 saturated carbocycles. The molecule has 0 aliphatic carbocycles. The van der Waals surface area contributed by atoms with Gasteiger partial charge in [0.15, 0.2) is 0 Å². The van der Waals surface area contributed by atoms with Gasteiger partial charge in [0.25, 0.3) is 22.2 Å². The summed E-state index contributed by atoms with van der Waals surface area (Å²) >= 11 is 0. The van der Waals surface area contributed by atoms with Gasteiger partial charge in [-0.15, -0.1) is 0 Å². The van der Waals surface area contributed by atoms with Crippen LogP contribution in [0.2, 0.25) is 0 Å². The first-order valence-corrected chi connectivity index (χ1v) is 4.14. The largest absolute Gasteiger partial charge is 0.268 e. The third-order valence-electron chi connectivity index (χ3n) is 1.39. The van der Waals surface area contributed by atoms with Crippen molar-refractivity contribution in [3.8, 4) is 0 Å². The summed E-state index contributed by atoms with van der Waals surface area (Å²) in [6.45, 7) is 0. The minimum absolute atomic E-state index is 0.301. The van der Waals surface area contributed by atoms with Crippen molar-refractivity contribution in [3.63, 3.8) is 0 Å². The molecule has 2 aromatic heterocycles. The fraction of sp³-hybridized carbons (Fsp3) is 0. The van der Waals surface area contributed by atoms with Crippen molar-refractivity contribution in [3.05, 3.63) is 65.7 Å². The number of H-pyrrole nitrogens is 4. The normalized spacial score (nSPS) is 9.00. The van der Waals surface area contributed by atoms with Crippen molar-refractivity contribution in [2.75, 3.05) is 0 Å². The second-order valence-corrected chi connectivity index (χ2v) is 2.62. The van der Waals surface area contributed by atoms with E-state index in [0.717, 1.165) is 0 Å². The first kappa shape index (κ1) is 11.4. The second-order valence-electron chi connectivity index (χ2n) is 2.62. The fourth-order valence-electron chi connectivity index (χ4n) is 0.716. The molecule has 8 nitrogen and oxygen atoms in total. The van der Waals surface area contributed by atoms with E-state index in [0.29, 0.717) is 0 Å². The quantitative estimate of drug-likeness (QED) is 0.417. The molecule has 16 heavy (non-hydrogen) atoms. The Morgan fingerprint density at radius 2 is 0.688 bits per heavy atom. The summed E-state index contributed by atoms with van der Waals surface area (Å²) in [4.78, 5) is 40.8. The summed E-state index contributed by atoms with van der Waals surface area (Å²) in [6, 6.07) is 4.66. The lowest BCUT2D eigenvalue weighted by molar-refractivity contribution is 0.952. The van der Waals surface area contributed by atoms with Crippen LogP contribution in [0.4, 0.5) is 0 Å². The zero-order chi connectivity index (χ0) is 12.0. The summed E-state index contributed by atoms with van der Waals surface area (Å²) < 4.78 is 0. The van der Waals surface area contributed by atoms with E-state index in [4.69, 9.17) is 0 Å². The maximum atomic E-state index is 10.2. The molecular weight excluding hydrogens is 216 g/mol. The topological polar surface area (TPSA) is 131 Å². The van der Waals surface area contributed by atoms with Gasteiger partial charge in [-0.3, -0.25) is 39.6 Å². The summed E-state index contributed by atoms with van der Waals surface area (Å²) in [5.74, 6) is 0. The molecule has 2 heterocycles. The van der Waals surface area contributed by atoms with Gasteiger partial charge in [-0.05, 0) is 0 Å². The lowest BCUT2D eigenvalue weighted by atomic mass is 10.6. The van der Waals surface area contributed by atoms with E-state index in [2.05, 4.69) is 20.4 Å². The fourth-order valence-corrected chi connectivity index (χ4v) is 0.716. The van der Waals surface area contributed by atoms with E-state index < -0.39 is 0 Å². The number of aromatic nitrogens is 4. The van der Waals surface area contributed by atoms with Gasteiger partial charge < -0.3 is 0 Å². The molecule has 0 aliphatic rings. The van der Waals surface area contributed by atoms with Crippen molar-refractivity contribution < 1.29 is 0 Å². The molecule has 8 heteroatoms. The molecule has 0 spiro atoms. The van der Waals surface area contributed by atoms with Crippen LogP contribution in [-0.4, -0.2) is 20.4 Å². The second kappa shape index (κ2) is 5.29. The predicted molar refractivity (Wildman–Crippen MR) is 55.4 cm³/mol. The Kier molecular flexibility index (Phi) is 3.78. The molecule has 2 aromatic rings. The van der Waals surface area contributed by atoms with Gasteiger partial charge in [-0.25, -0.2) is 0 Å². The highest BCUT2D eigenvalue weighted by Crippen LogP contribution is 1.51. The van der Waals surface area contributed by atoms with Crippen molar-refractivity contribution in [2.24, 2.45) is 0 Å². The Morgan fingerprint density at radius 1 is 0.500 bits per heavy atom. The minimum atomic E-state index is -0.301. The van der Waals surface area contributed by atoms with Crippen LogP contribution in [0.25, 0.3) is 0 Å². The van der Waals surface area contributed by atoms with E-state index >= 15 is 0 Å². The minimum Gasteiger partial charge on any atom is -0.268 e. The molecule has 0 aromatic carbocycles. The Bertz CT molecular complexity index is 498. The van der Waals surface area contributed by atoms with Crippen molar-refractivity contribution in [2.45, 2.75) is 0 Å². The zero-order valence-electron chi connectivity index (χ0n) is 7.94. The molecule has 0 saturated heterocycles. The third-order valence-corrected chi connectivity index (χ3v) is 1.39. The van der Waals surface area contributed by atoms with Crippen LogP contribution >= 0.6 is 0 Å². The summed E-state index contributed by atoms with van der Waals surface area (Å²) in [7, 11) is 0. The lowest BCUT2D eigenvalue weighted by Crippen LogP contribution is -2.14. The number of rotatable bonds is 0. The third kappa shape index (κ3) is 4.05. The smallest absolute Gasteiger partial charge is 0.262 e. The van der Waals surface area contributed by atoms with Crippen LogP contribution in [0.5, 0.6) is 0 Å². The van der Waals surface area contributed by atoms with Crippen LogP contribution < -0.4 is 22.2 Å². The first-order chi connectivity index (χ1) is 7.58. The maximum absolute atomic E-state index is 10.2. The highest BCUT2D eigenvalue weighted by Gasteiger charge is 1.78. The molecule has 0 amide bonds. The monoisotopic (exact) mass is 224 g/mol. The predicted octanol–water partition coefficient (Wildman–Crippen LogP) is -1.87. The number of hydrogen-bond acceptors (Lipinski definition) is 4. The van der Waals surface area contributed by atoms with E-state index in [9.17, 15) is 19.2 Å². The van der Waals surface area contributed by atoms with Gasteiger partial charge in [-0.1, -0.05) is 0 Å². The van der Waals surface area contributed by atoms with Crippen LogP contribution in [0.3, 0.4) is 0 Å². The van der Waals surface area contributed by atoms with E-state index in [1.807, 2.05) is 0 Å². The van der Waals surface area contributed by atoms with Gasteiger partial charge in [0.1, 0.15) is 0 Å². The van der Waals surface area contributed by atoms with Gasteiger partial charge in [0.2, 0.25) is 0 Å². The molecule has 0 fully saturated rings. The summed E-state index contributed by atoms with van der Waals surface area (Å²) in [5, 5.41) is 8.43. The standard InChI is InChI=1S/2C4H4N2O2/c2*7-3-1-2-4(8)6-5-3/h2*1-2H,(H,5,7)(H,6,8). The Morgan fingerprint density at radius 3 is 0.812 bits per heavy atom. The van der Waals surface area contributed by atoms with E-state index in [-0.39, 0.29) is 22.2 Å². The molecule has 84 valence electrons. The Balaban J connectivity index is 0.000000160. The van der Waals surface area contributed by atoms with E-state index in [1.54, 1.807) is 0 Å². The summed E-state index contributed by atoms with van der Waals surface area (Å²) in [6.07, 6.45) is 0. The van der Waals surface area contributed by atoms with Gasteiger partial charge >= 0.3 is 0 Å². The number of aromatic amines is 4.